The van der Waals surface area contributed by atoms with Crippen LogP contribution >= 0.6 is 0 Å². The summed E-state index contributed by atoms with van der Waals surface area (Å²) >= 11 is 0. The number of carbonyl (C=O) groups excluding carboxylic acids is 1. The molecule has 8 heteroatoms. The molecule has 1 aliphatic heterocycles. The van der Waals surface area contributed by atoms with Crippen molar-refractivity contribution in [1.29, 1.82) is 0 Å². The normalized spacial score (nSPS) is 13.9. The predicted molar refractivity (Wildman–Crippen MR) is 133 cm³/mol. The van der Waals surface area contributed by atoms with Crippen molar-refractivity contribution < 1.29 is 14.3 Å². The molecule has 0 aliphatic carbocycles. The number of aromatic nitrogens is 2. The number of anilines is 1. The molecule has 0 unspecified atom stereocenters. The van der Waals surface area contributed by atoms with E-state index in [9.17, 15) is 9.59 Å². The van der Waals surface area contributed by atoms with Gasteiger partial charge in [-0.25, -0.2) is 9.55 Å². The number of fused-ring (bicyclic) bond motifs is 1. The highest BCUT2D eigenvalue weighted by atomic mass is 16.5. The van der Waals surface area contributed by atoms with E-state index in [0.29, 0.717) is 73.5 Å². The number of hydrogen-bond acceptors (Lipinski definition) is 6. The SMILES string of the molecule is CCOc1ccc(-n2c(N3CCOCC3)nc3cc(C(=O)NCCC(C)C)ccc3c2=O)cc1. The summed E-state index contributed by atoms with van der Waals surface area (Å²) in [6.45, 7) is 9.74. The van der Waals surface area contributed by atoms with Crippen LogP contribution in [-0.4, -0.2) is 54.9 Å². The second-order valence-corrected chi connectivity index (χ2v) is 8.75. The van der Waals surface area contributed by atoms with Gasteiger partial charge in [0.25, 0.3) is 11.5 Å². The van der Waals surface area contributed by atoms with Gasteiger partial charge in [-0.2, -0.15) is 0 Å². The minimum Gasteiger partial charge on any atom is -0.494 e. The third kappa shape index (κ3) is 5.22. The molecule has 1 saturated heterocycles. The van der Waals surface area contributed by atoms with Crippen LogP contribution < -0.4 is 20.5 Å². The Bertz CT molecular complexity index is 1200. The first-order chi connectivity index (χ1) is 16.5. The van der Waals surface area contributed by atoms with Crippen molar-refractivity contribution in [3.63, 3.8) is 0 Å². The van der Waals surface area contributed by atoms with Crippen molar-refractivity contribution in [2.75, 3.05) is 44.4 Å². The van der Waals surface area contributed by atoms with E-state index in [1.807, 2.05) is 31.2 Å². The number of rotatable bonds is 8. The molecule has 4 rings (SSSR count). The molecule has 2 aromatic carbocycles. The van der Waals surface area contributed by atoms with Gasteiger partial charge < -0.3 is 19.7 Å². The molecule has 8 nitrogen and oxygen atoms in total. The van der Waals surface area contributed by atoms with Gasteiger partial charge in [0.05, 0.1) is 36.4 Å². The molecule has 2 heterocycles. The summed E-state index contributed by atoms with van der Waals surface area (Å²) in [6, 6.07) is 12.5. The zero-order valence-electron chi connectivity index (χ0n) is 20.0. The number of benzene rings is 2. The lowest BCUT2D eigenvalue weighted by atomic mass is 10.1. The molecule has 34 heavy (non-hydrogen) atoms. The number of amides is 1. The monoisotopic (exact) mass is 464 g/mol. The maximum Gasteiger partial charge on any atom is 0.267 e. The molecule has 180 valence electrons. The standard InChI is InChI=1S/C26H32N4O4/c1-4-34-21-8-6-20(7-9-21)30-25(32)22-10-5-19(24(31)27-12-11-18(2)3)17-23(22)28-26(30)29-13-15-33-16-14-29/h5-10,17-18H,4,11-16H2,1-3H3,(H,27,31). The molecule has 3 aromatic rings. The van der Waals surface area contributed by atoms with Gasteiger partial charge in [-0.05, 0) is 61.7 Å². The second-order valence-electron chi connectivity index (χ2n) is 8.75. The van der Waals surface area contributed by atoms with Gasteiger partial charge in [0, 0.05) is 25.2 Å². The number of hydrogen-bond donors (Lipinski definition) is 1. The largest absolute Gasteiger partial charge is 0.494 e. The Kier molecular flexibility index (Phi) is 7.47. The van der Waals surface area contributed by atoms with Crippen LogP contribution in [0.4, 0.5) is 5.95 Å². The van der Waals surface area contributed by atoms with Gasteiger partial charge in [-0.1, -0.05) is 13.8 Å². The molecule has 1 aliphatic rings. The van der Waals surface area contributed by atoms with Crippen LogP contribution in [0.1, 0.15) is 37.6 Å². The lowest BCUT2D eigenvalue weighted by Crippen LogP contribution is -2.40. The molecule has 1 fully saturated rings. The van der Waals surface area contributed by atoms with Crippen LogP contribution in [0.5, 0.6) is 5.75 Å². The van der Waals surface area contributed by atoms with E-state index < -0.39 is 0 Å². The van der Waals surface area contributed by atoms with E-state index in [1.165, 1.54) is 0 Å². The first-order valence-corrected chi connectivity index (χ1v) is 11.9. The van der Waals surface area contributed by atoms with Crippen LogP contribution in [0.15, 0.2) is 47.3 Å². The third-order valence-electron chi connectivity index (χ3n) is 5.82. The van der Waals surface area contributed by atoms with Gasteiger partial charge in [-0.3, -0.25) is 9.59 Å². The highest BCUT2D eigenvalue weighted by Crippen LogP contribution is 2.23. The number of ether oxygens (including phenoxy) is 2. The van der Waals surface area contributed by atoms with Crippen LogP contribution in [0.3, 0.4) is 0 Å². The summed E-state index contributed by atoms with van der Waals surface area (Å²) in [7, 11) is 0. The zero-order chi connectivity index (χ0) is 24.1. The zero-order valence-corrected chi connectivity index (χ0v) is 20.0. The first-order valence-electron chi connectivity index (χ1n) is 11.9. The topological polar surface area (TPSA) is 85.7 Å². The van der Waals surface area contributed by atoms with E-state index in [4.69, 9.17) is 14.5 Å². The highest BCUT2D eigenvalue weighted by Gasteiger charge is 2.21. The Morgan fingerprint density at radius 2 is 1.88 bits per heavy atom. The molecule has 0 atom stereocenters. The van der Waals surface area contributed by atoms with Gasteiger partial charge in [-0.15, -0.1) is 0 Å². The maximum absolute atomic E-state index is 13.7. The minimum atomic E-state index is -0.178. The fourth-order valence-corrected chi connectivity index (χ4v) is 3.96. The van der Waals surface area contributed by atoms with Crippen molar-refractivity contribution in [3.8, 4) is 11.4 Å². The molecular weight excluding hydrogens is 432 g/mol. The quantitative estimate of drug-likeness (QED) is 0.550. The van der Waals surface area contributed by atoms with E-state index >= 15 is 0 Å². The number of carbonyl (C=O) groups is 1. The van der Waals surface area contributed by atoms with Crippen molar-refractivity contribution in [3.05, 3.63) is 58.4 Å². The summed E-state index contributed by atoms with van der Waals surface area (Å²) in [5.41, 5.74) is 1.53. The molecule has 0 saturated carbocycles. The van der Waals surface area contributed by atoms with Crippen LogP contribution in [0.25, 0.3) is 16.6 Å². The fraction of sp³-hybridized carbons (Fsp3) is 0.423. The highest BCUT2D eigenvalue weighted by molar-refractivity contribution is 5.97. The molecule has 0 bridgehead atoms. The first kappa shape index (κ1) is 23.8. The summed E-state index contributed by atoms with van der Waals surface area (Å²) < 4.78 is 12.7. The lowest BCUT2D eigenvalue weighted by molar-refractivity contribution is 0.0952. The number of nitrogens with one attached hydrogen (secondary N) is 1. The molecule has 1 amide bonds. The molecule has 1 aromatic heterocycles. The molecule has 0 radical (unpaired) electrons. The fourth-order valence-electron chi connectivity index (χ4n) is 3.96. The van der Waals surface area contributed by atoms with Gasteiger partial charge in [0.15, 0.2) is 0 Å². The van der Waals surface area contributed by atoms with Crippen LogP contribution in [-0.2, 0) is 4.74 Å². The van der Waals surface area contributed by atoms with Crippen molar-refractivity contribution in [2.24, 2.45) is 5.92 Å². The summed E-state index contributed by atoms with van der Waals surface area (Å²) in [5.74, 6) is 1.64. The minimum absolute atomic E-state index is 0.159. The summed E-state index contributed by atoms with van der Waals surface area (Å²) in [4.78, 5) is 33.2. The Balaban J connectivity index is 1.77. The average molecular weight is 465 g/mol. The summed E-state index contributed by atoms with van der Waals surface area (Å²) in [6.07, 6.45) is 0.908. The lowest BCUT2D eigenvalue weighted by Gasteiger charge is -2.30. The third-order valence-corrected chi connectivity index (χ3v) is 5.82. The molecule has 0 spiro atoms. The van der Waals surface area contributed by atoms with Crippen LogP contribution in [0, 0.1) is 5.92 Å². The van der Waals surface area contributed by atoms with Crippen molar-refractivity contribution >= 4 is 22.8 Å². The number of nitrogens with zero attached hydrogens (tertiary/aromatic N) is 3. The molecular formula is C26H32N4O4. The molecule has 1 N–H and O–H groups in total. The average Bonchev–Trinajstić information content (AvgIpc) is 2.85. The number of morpholine rings is 1. The Hall–Kier alpha value is -3.39. The Morgan fingerprint density at radius 3 is 2.56 bits per heavy atom. The van der Waals surface area contributed by atoms with Gasteiger partial charge in [0.1, 0.15) is 5.75 Å². The Labute approximate surface area is 199 Å². The smallest absolute Gasteiger partial charge is 0.267 e. The van der Waals surface area contributed by atoms with E-state index in [2.05, 4.69) is 24.1 Å². The van der Waals surface area contributed by atoms with Crippen molar-refractivity contribution in [2.45, 2.75) is 27.2 Å². The second kappa shape index (κ2) is 10.7. The predicted octanol–water partition coefficient (Wildman–Crippen LogP) is 3.40. The van der Waals surface area contributed by atoms with E-state index in [-0.39, 0.29) is 11.5 Å². The van der Waals surface area contributed by atoms with Crippen molar-refractivity contribution in [1.82, 2.24) is 14.9 Å². The van der Waals surface area contributed by atoms with Crippen LogP contribution in [0.2, 0.25) is 0 Å². The maximum atomic E-state index is 13.7. The van der Waals surface area contributed by atoms with Gasteiger partial charge >= 0.3 is 0 Å². The Morgan fingerprint density at radius 1 is 1.15 bits per heavy atom. The van der Waals surface area contributed by atoms with E-state index in [0.717, 1.165) is 12.2 Å². The van der Waals surface area contributed by atoms with E-state index in [1.54, 1.807) is 22.8 Å². The summed E-state index contributed by atoms with van der Waals surface area (Å²) in [5, 5.41) is 3.41. The van der Waals surface area contributed by atoms with Gasteiger partial charge in [0.2, 0.25) is 5.95 Å².